The number of carbonyl (C=O) groups is 1. The Hall–Kier alpha value is -2.11. The summed E-state index contributed by atoms with van der Waals surface area (Å²) in [5.41, 5.74) is 7.03. The van der Waals surface area contributed by atoms with E-state index in [2.05, 4.69) is 10.1 Å². The van der Waals surface area contributed by atoms with Gasteiger partial charge < -0.3 is 10.8 Å². The number of nitrogens with two attached hydrogens (primary N) is 1. The number of aromatic nitrogens is 3. The number of fused-ring (bicyclic) bond motifs is 1. The molecule has 0 aromatic carbocycles. The number of nitrogen functional groups attached to an aromatic ring is 1. The second-order valence-electron chi connectivity index (χ2n) is 3.12. The summed E-state index contributed by atoms with van der Waals surface area (Å²) < 4.78 is 1.35. The first-order valence-corrected chi connectivity index (χ1v) is 4.50. The summed E-state index contributed by atoms with van der Waals surface area (Å²) in [5.74, 6) is -0.998. The number of carboxylic acids is 1. The molecule has 0 aliphatic carbocycles. The molecular weight excluding hydrogens is 196 g/mol. The molecule has 78 valence electrons. The Morgan fingerprint density at radius 1 is 1.67 bits per heavy atom. The van der Waals surface area contributed by atoms with Crippen molar-refractivity contribution in [2.45, 2.75) is 13.3 Å². The van der Waals surface area contributed by atoms with Gasteiger partial charge in [-0.3, -0.25) is 0 Å². The van der Waals surface area contributed by atoms with Crippen LogP contribution in [0.15, 0.2) is 12.3 Å². The Balaban J connectivity index is 2.72. The van der Waals surface area contributed by atoms with Crippen molar-refractivity contribution in [3.63, 3.8) is 0 Å². The topological polar surface area (TPSA) is 93.5 Å². The highest BCUT2D eigenvalue weighted by atomic mass is 16.4. The maximum atomic E-state index is 10.8. The number of hydrogen-bond acceptors (Lipinski definition) is 4. The minimum absolute atomic E-state index is 0.0340. The van der Waals surface area contributed by atoms with Gasteiger partial charge in [0.05, 0.1) is 5.69 Å². The van der Waals surface area contributed by atoms with E-state index in [0.29, 0.717) is 5.65 Å². The van der Waals surface area contributed by atoms with Crippen molar-refractivity contribution in [2.75, 3.05) is 5.73 Å². The van der Waals surface area contributed by atoms with Crippen molar-refractivity contribution in [3.8, 4) is 0 Å². The number of anilines is 1. The number of aromatic carboxylic acids is 1. The minimum atomic E-state index is -1.10. The van der Waals surface area contributed by atoms with Crippen LogP contribution in [-0.2, 0) is 6.42 Å². The fourth-order valence-electron chi connectivity index (χ4n) is 1.34. The molecule has 0 amide bonds. The molecule has 6 nitrogen and oxygen atoms in total. The third-order valence-electron chi connectivity index (χ3n) is 2.16. The average Bonchev–Trinajstić information content (AvgIpc) is 2.61. The maximum absolute atomic E-state index is 10.8. The van der Waals surface area contributed by atoms with Gasteiger partial charge in [-0.15, -0.1) is 0 Å². The van der Waals surface area contributed by atoms with Gasteiger partial charge in [-0.25, -0.2) is 9.78 Å². The Morgan fingerprint density at radius 2 is 2.40 bits per heavy atom. The van der Waals surface area contributed by atoms with Crippen LogP contribution in [0.5, 0.6) is 0 Å². The largest absolute Gasteiger partial charge is 0.477 e. The van der Waals surface area contributed by atoms with Crippen LogP contribution in [0.3, 0.4) is 0 Å². The lowest BCUT2D eigenvalue weighted by molar-refractivity contribution is 0.0697. The molecule has 0 spiro atoms. The van der Waals surface area contributed by atoms with Crippen LogP contribution in [0.2, 0.25) is 0 Å². The van der Waals surface area contributed by atoms with Crippen LogP contribution in [0.25, 0.3) is 5.65 Å². The van der Waals surface area contributed by atoms with Crippen molar-refractivity contribution in [1.82, 2.24) is 14.6 Å². The van der Waals surface area contributed by atoms with E-state index in [9.17, 15) is 4.79 Å². The summed E-state index contributed by atoms with van der Waals surface area (Å²) in [7, 11) is 0. The maximum Gasteiger partial charge on any atom is 0.341 e. The zero-order valence-electron chi connectivity index (χ0n) is 8.14. The third kappa shape index (κ3) is 1.39. The normalized spacial score (nSPS) is 10.7. The molecule has 2 rings (SSSR count). The van der Waals surface area contributed by atoms with Crippen LogP contribution in [0.4, 0.5) is 5.82 Å². The van der Waals surface area contributed by atoms with E-state index in [-0.39, 0.29) is 11.4 Å². The van der Waals surface area contributed by atoms with Crippen LogP contribution in [0.1, 0.15) is 23.0 Å². The van der Waals surface area contributed by atoms with Gasteiger partial charge in [-0.2, -0.15) is 9.61 Å². The summed E-state index contributed by atoms with van der Waals surface area (Å²) in [5, 5.41) is 13.0. The van der Waals surface area contributed by atoms with Crippen molar-refractivity contribution >= 4 is 17.4 Å². The summed E-state index contributed by atoms with van der Waals surface area (Å²) in [6.45, 7) is 1.95. The number of rotatable bonds is 2. The monoisotopic (exact) mass is 206 g/mol. The van der Waals surface area contributed by atoms with Gasteiger partial charge in [0.1, 0.15) is 11.4 Å². The highest BCUT2D eigenvalue weighted by molar-refractivity contribution is 5.92. The lowest BCUT2D eigenvalue weighted by atomic mass is 10.3. The van der Waals surface area contributed by atoms with Gasteiger partial charge in [0.2, 0.25) is 0 Å². The van der Waals surface area contributed by atoms with Gasteiger partial charge >= 0.3 is 5.97 Å². The first-order chi connectivity index (χ1) is 7.13. The van der Waals surface area contributed by atoms with E-state index in [4.69, 9.17) is 10.8 Å². The molecule has 0 fully saturated rings. The van der Waals surface area contributed by atoms with Gasteiger partial charge in [-0.1, -0.05) is 6.92 Å². The molecule has 2 aromatic rings. The molecule has 0 radical (unpaired) electrons. The molecule has 3 N–H and O–H groups in total. The molecule has 0 aliphatic rings. The fraction of sp³-hybridized carbons (Fsp3) is 0.222. The van der Waals surface area contributed by atoms with E-state index in [1.807, 2.05) is 6.92 Å². The lowest BCUT2D eigenvalue weighted by Crippen LogP contribution is -2.09. The quantitative estimate of drug-likeness (QED) is 0.749. The van der Waals surface area contributed by atoms with Crippen LogP contribution >= 0.6 is 0 Å². The standard InChI is InChI=1S/C9H10N4O2/c1-2-5-3-7-11-4-6(9(14)15)8(10)13(7)12-5/h3-4H,2,10H2,1H3,(H,14,15). The number of aryl methyl sites for hydroxylation is 1. The zero-order chi connectivity index (χ0) is 11.0. The minimum Gasteiger partial charge on any atom is -0.477 e. The van der Waals surface area contributed by atoms with E-state index < -0.39 is 5.97 Å². The smallest absolute Gasteiger partial charge is 0.341 e. The van der Waals surface area contributed by atoms with Crippen LogP contribution < -0.4 is 5.73 Å². The lowest BCUT2D eigenvalue weighted by Gasteiger charge is -2.01. The van der Waals surface area contributed by atoms with E-state index in [0.717, 1.165) is 12.1 Å². The van der Waals surface area contributed by atoms with Crippen LogP contribution in [0, 0.1) is 0 Å². The van der Waals surface area contributed by atoms with E-state index >= 15 is 0 Å². The molecule has 0 saturated carbocycles. The van der Waals surface area contributed by atoms with Crippen molar-refractivity contribution in [3.05, 3.63) is 23.5 Å². The Bertz CT molecular complexity index is 532. The molecule has 0 unspecified atom stereocenters. The second-order valence-corrected chi connectivity index (χ2v) is 3.12. The molecule has 0 aliphatic heterocycles. The van der Waals surface area contributed by atoms with Crippen molar-refractivity contribution < 1.29 is 9.90 Å². The summed E-state index contributed by atoms with van der Waals surface area (Å²) in [4.78, 5) is 14.8. The molecule has 2 heterocycles. The highest BCUT2D eigenvalue weighted by Gasteiger charge is 2.13. The molecule has 6 heteroatoms. The zero-order valence-corrected chi connectivity index (χ0v) is 8.14. The first kappa shape index (κ1) is 9.45. The molecule has 15 heavy (non-hydrogen) atoms. The molecular formula is C9H10N4O2. The second kappa shape index (κ2) is 3.23. The molecule has 0 atom stereocenters. The van der Waals surface area contributed by atoms with Gasteiger partial charge in [-0.05, 0) is 6.42 Å². The Labute approximate surface area is 85.3 Å². The Morgan fingerprint density at radius 3 is 3.00 bits per heavy atom. The highest BCUT2D eigenvalue weighted by Crippen LogP contribution is 2.13. The summed E-state index contributed by atoms with van der Waals surface area (Å²) in [6.07, 6.45) is 2.00. The molecule has 0 bridgehead atoms. The van der Waals surface area contributed by atoms with Gasteiger partial charge in [0.25, 0.3) is 0 Å². The molecule has 2 aromatic heterocycles. The van der Waals surface area contributed by atoms with Crippen molar-refractivity contribution in [1.29, 1.82) is 0 Å². The molecule has 0 saturated heterocycles. The number of nitrogens with zero attached hydrogens (tertiary/aromatic N) is 3. The predicted octanol–water partition coefficient (Wildman–Crippen LogP) is 0.572. The average molecular weight is 206 g/mol. The van der Waals surface area contributed by atoms with E-state index in [1.165, 1.54) is 10.7 Å². The van der Waals surface area contributed by atoms with E-state index in [1.54, 1.807) is 6.07 Å². The number of carboxylic acid groups (broad SMARTS) is 1. The Kier molecular flexibility index (Phi) is 2.03. The first-order valence-electron chi connectivity index (χ1n) is 4.50. The third-order valence-corrected chi connectivity index (χ3v) is 2.16. The van der Waals surface area contributed by atoms with Gasteiger partial charge in [0.15, 0.2) is 5.65 Å². The fourth-order valence-corrected chi connectivity index (χ4v) is 1.34. The van der Waals surface area contributed by atoms with Gasteiger partial charge in [0, 0.05) is 12.3 Å². The van der Waals surface area contributed by atoms with Crippen molar-refractivity contribution in [2.24, 2.45) is 0 Å². The number of hydrogen-bond donors (Lipinski definition) is 2. The predicted molar refractivity (Wildman–Crippen MR) is 53.7 cm³/mol. The summed E-state index contributed by atoms with van der Waals surface area (Å²) >= 11 is 0. The summed E-state index contributed by atoms with van der Waals surface area (Å²) in [6, 6.07) is 1.78. The SMILES string of the molecule is CCc1cc2ncc(C(=O)O)c(N)n2n1. The van der Waals surface area contributed by atoms with Crippen LogP contribution in [-0.4, -0.2) is 25.7 Å².